The molecule has 2 aliphatic heterocycles. The Morgan fingerprint density at radius 2 is 2.14 bits per heavy atom. The number of nitriles is 1. The Hall–Kier alpha value is -1.57. The largest absolute Gasteiger partial charge is 0.384 e. The molecule has 1 fully saturated rings. The lowest BCUT2D eigenvalue weighted by Crippen LogP contribution is -2.43. The quantitative estimate of drug-likeness (QED) is 0.755. The highest BCUT2D eigenvalue weighted by molar-refractivity contribution is 5.51. The molecule has 3 rings (SSSR count). The van der Waals surface area contributed by atoms with E-state index in [4.69, 9.17) is 5.26 Å². The molecule has 4 nitrogen and oxygen atoms in total. The molecule has 0 aromatic heterocycles. The maximum atomic E-state index is 9.04. The van der Waals surface area contributed by atoms with Crippen molar-refractivity contribution < 1.29 is 0 Å². The van der Waals surface area contributed by atoms with Gasteiger partial charge in [-0.15, -0.1) is 0 Å². The molecule has 1 atom stereocenters. The van der Waals surface area contributed by atoms with Crippen LogP contribution in [0, 0.1) is 11.3 Å². The minimum absolute atomic E-state index is 0.408. The number of hydrogen-bond donors (Lipinski definition) is 2. The number of hydrogen-bond acceptors (Lipinski definition) is 4. The molecule has 0 aromatic carbocycles. The van der Waals surface area contributed by atoms with E-state index in [1.54, 1.807) is 0 Å². The summed E-state index contributed by atoms with van der Waals surface area (Å²) >= 11 is 0. The van der Waals surface area contributed by atoms with Crippen LogP contribution in [0.1, 0.15) is 25.7 Å². The molecule has 1 saturated heterocycles. The maximum Gasteiger partial charge on any atom is 0.0988 e. The van der Waals surface area contributed by atoms with E-state index >= 15 is 0 Å². The van der Waals surface area contributed by atoms with Crippen LogP contribution in [0.2, 0.25) is 0 Å². The summed E-state index contributed by atoms with van der Waals surface area (Å²) in [6, 6.07) is 2.67. The third-order valence-corrected chi connectivity index (χ3v) is 4.60. The van der Waals surface area contributed by atoms with Crippen LogP contribution in [0.5, 0.6) is 0 Å². The fourth-order valence-corrected chi connectivity index (χ4v) is 3.34. The molecule has 0 radical (unpaired) electrons. The standard InChI is InChI=1S/C17H24N4/c18-12-14-4-5-17-16(11-14)15(13-20-17)3-1-2-8-21-9-6-19-7-10-21/h4,11,13,17,19-20H,1-3,5-10H2. The fraction of sp³-hybridized carbons (Fsp3) is 0.588. The van der Waals surface area contributed by atoms with Crippen molar-refractivity contribution in [2.45, 2.75) is 31.7 Å². The highest BCUT2D eigenvalue weighted by Gasteiger charge is 2.24. The first-order chi connectivity index (χ1) is 10.4. The van der Waals surface area contributed by atoms with Crippen molar-refractivity contribution in [2.24, 2.45) is 0 Å². The van der Waals surface area contributed by atoms with Crippen molar-refractivity contribution in [1.29, 1.82) is 5.26 Å². The highest BCUT2D eigenvalue weighted by Crippen LogP contribution is 2.31. The lowest BCUT2D eigenvalue weighted by atomic mass is 9.90. The smallest absolute Gasteiger partial charge is 0.0988 e. The Morgan fingerprint density at radius 3 is 2.95 bits per heavy atom. The van der Waals surface area contributed by atoms with Gasteiger partial charge in [0.2, 0.25) is 0 Å². The van der Waals surface area contributed by atoms with E-state index in [1.807, 2.05) is 6.08 Å². The minimum atomic E-state index is 0.408. The summed E-state index contributed by atoms with van der Waals surface area (Å²) in [5.41, 5.74) is 3.56. The van der Waals surface area contributed by atoms with E-state index in [0.29, 0.717) is 6.04 Å². The molecule has 2 heterocycles. The molecule has 0 saturated carbocycles. The third kappa shape index (κ3) is 3.55. The van der Waals surface area contributed by atoms with Gasteiger partial charge in [-0.05, 0) is 49.5 Å². The SMILES string of the molecule is N#CC1=CCC2NC=C(CCCCN3CCNCC3)C2=C1. The van der Waals surface area contributed by atoms with Crippen LogP contribution in [0.4, 0.5) is 0 Å². The monoisotopic (exact) mass is 284 g/mol. The Balaban J connectivity index is 1.44. The van der Waals surface area contributed by atoms with E-state index < -0.39 is 0 Å². The lowest BCUT2D eigenvalue weighted by Gasteiger charge is -2.27. The van der Waals surface area contributed by atoms with Crippen LogP contribution < -0.4 is 10.6 Å². The number of nitrogens with zero attached hydrogens (tertiary/aromatic N) is 2. The number of unbranched alkanes of at least 4 members (excludes halogenated alkanes) is 1. The third-order valence-electron chi connectivity index (χ3n) is 4.60. The van der Waals surface area contributed by atoms with Crippen LogP contribution in [0.3, 0.4) is 0 Å². The Labute approximate surface area is 127 Å². The van der Waals surface area contributed by atoms with Crippen molar-refractivity contribution in [1.82, 2.24) is 15.5 Å². The molecular weight excluding hydrogens is 260 g/mol. The average molecular weight is 284 g/mol. The molecule has 0 amide bonds. The summed E-state index contributed by atoms with van der Waals surface area (Å²) in [6.07, 6.45) is 10.8. The summed E-state index contributed by atoms with van der Waals surface area (Å²) in [6.45, 7) is 5.86. The number of rotatable bonds is 5. The second-order valence-electron chi connectivity index (χ2n) is 6.04. The molecule has 1 aliphatic carbocycles. The van der Waals surface area contributed by atoms with Crippen LogP contribution in [-0.2, 0) is 0 Å². The molecule has 0 aromatic rings. The number of piperazine rings is 1. The lowest BCUT2D eigenvalue weighted by molar-refractivity contribution is 0.237. The van der Waals surface area contributed by atoms with Gasteiger partial charge in [0.25, 0.3) is 0 Å². The van der Waals surface area contributed by atoms with Gasteiger partial charge in [-0.3, -0.25) is 0 Å². The van der Waals surface area contributed by atoms with E-state index in [2.05, 4.69) is 33.9 Å². The topological polar surface area (TPSA) is 51.1 Å². The van der Waals surface area contributed by atoms with Crippen molar-refractivity contribution in [3.63, 3.8) is 0 Å². The van der Waals surface area contributed by atoms with Crippen LogP contribution in [0.15, 0.2) is 35.1 Å². The van der Waals surface area contributed by atoms with Crippen LogP contribution in [-0.4, -0.2) is 43.7 Å². The Kier molecular flexibility index (Phi) is 4.74. The normalized spacial score (nSPS) is 25.3. The van der Waals surface area contributed by atoms with Gasteiger partial charge < -0.3 is 15.5 Å². The van der Waals surface area contributed by atoms with Gasteiger partial charge in [-0.25, -0.2) is 0 Å². The summed E-state index contributed by atoms with van der Waals surface area (Å²) in [5, 5.41) is 15.9. The number of allylic oxidation sites excluding steroid dienone is 2. The molecule has 0 spiro atoms. The first kappa shape index (κ1) is 14.4. The van der Waals surface area contributed by atoms with Gasteiger partial charge in [-0.2, -0.15) is 5.26 Å². The predicted molar refractivity (Wildman–Crippen MR) is 84.6 cm³/mol. The van der Waals surface area contributed by atoms with E-state index in [0.717, 1.165) is 31.5 Å². The Bertz CT molecular complexity index is 503. The first-order valence-corrected chi connectivity index (χ1v) is 8.07. The summed E-state index contributed by atoms with van der Waals surface area (Å²) in [7, 11) is 0. The van der Waals surface area contributed by atoms with Crippen molar-refractivity contribution in [3.05, 3.63) is 35.1 Å². The summed E-state index contributed by atoms with van der Waals surface area (Å²) in [4.78, 5) is 2.55. The molecule has 2 N–H and O–H groups in total. The maximum absolute atomic E-state index is 9.04. The zero-order chi connectivity index (χ0) is 14.5. The zero-order valence-corrected chi connectivity index (χ0v) is 12.6. The second-order valence-corrected chi connectivity index (χ2v) is 6.04. The number of fused-ring (bicyclic) bond motifs is 1. The Morgan fingerprint density at radius 1 is 1.29 bits per heavy atom. The van der Waals surface area contributed by atoms with Crippen molar-refractivity contribution in [3.8, 4) is 6.07 Å². The van der Waals surface area contributed by atoms with Gasteiger partial charge in [0.05, 0.1) is 12.1 Å². The van der Waals surface area contributed by atoms with E-state index in [-0.39, 0.29) is 0 Å². The van der Waals surface area contributed by atoms with Gasteiger partial charge >= 0.3 is 0 Å². The van der Waals surface area contributed by atoms with Crippen molar-refractivity contribution >= 4 is 0 Å². The van der Waals surface area contributed by atoms with Crippen LogP contribution >= 0.6 is 0 Å². The van der Waals surface area contributed by atoms with Gasteiger partial charge in [0.1, 0.15) is 0 Å². The molecule has 0 bridgehead atoms. The van der Waals surface area contributed by atoms with Gasteiger partial charge in [0, 0.05) is 38.0 Å². The molecule has 4 heteroatoms. The van der Waals surface area contributed by atoms with E-state index in [1.165, 1.54) is 43.6 Å². The zero-order valence-electron chi connectivity index (χ0n) is 12.6. The molecule has 1 unspecified atom stereocenters. The molecule has 112 valence electrons. The minimum Gasteiger partial charge on any atom is -0.384 e. The van der Waals surface area contributed by atoms with E-state index in [9.17, 15) is 0 Å². The molecule has 3 aliphatic rings. The number of nitrogens with one attached hydrogen (secondary N) is 2. The van der Waals surface area contributed by atoms with Gasteiger partial charge in [0.15, 0.2) is 0 Å². The predicted octanol–water partition coefficient (Wildman–Crippen LogP) is 1.70. The highest BCUT2D eigenvalue weighted by atomic mass is 15.2. The summed E-state index contributed by atoms with van der Waals surface area (Å²) in [5.74, 6) is 0. The second kappa shape index (κ2) is 6.93. The van der Waals surface area contributed by atoms with Crippen LogP contribution in [0.25, 0.3) is 0 Å². The first-order valence-electron chi connectivity index (χ1n) is 8.07. The average Bonchev–Trinajstić information content (AvgIpc) is 2.95. The van der Waals surface area contributed by atoms with Crippen molar-refractivity contribution in [2.75, 3.05) is 32.7 Å². The molecular formula is C17H24N4. The molecule has 21 heavy (non-hydrogen) atoms. The fourth-order valence-electron chi connectivity index (χ4n) is 3.34. The summed E-state index contributed by atoms with van der Waals surface area (Å²) < 4.78 is 0. The van der Waals surface area contributed by atoms with Gasteiger partial charge in [-0.1, -0.05) is 6.08 Å².